The van der Waals surface area contributed by atoms with Crippen LogP contribution in [-0.4, -0.2) is 36.1 Å². The Morgan fingerprint density at radius 3 is 1.80 bits per heavy atom. The van der Waals surface area contributed by atoms with Crippen LogP contribution in [0.3, 0.4) is 0 Å². The highest BCUT2D eigenvalue weighted by molar-refractivity contribution is 5.95. The lowest BCUT2D eigenvalue weighted by Gasteiger charge is -2.25. The third-order valence-electron chi connectivity index (χ3n) is 1.66. The molecule has 0 aliphatic heterocycles. The Kier molecular flexibility index (Phi) is 4.90. The van der Waals surface area contributed by atoms with E-state index in [0.29, 0.717) is 5.32 Å². The summed E-state index contributed by atoms with van der Waals surface area (Å²) in [5.74, 6) is -10.0. The first kappa shape index (κ1) is 17.9. The van der Waals surface area contributed by atoms with Gasteiger partial charge in [-0.25, -0.2) is 0 Å². The monoisotopic (exact) mass is 314 g/mol. The van der Waals surface area contributed by atoms with Crippen molar-refractivity contribution in [2.75, 3.05) is 0 Å². The number of hydrogen-bond acceptors (Lipinski definition) is 2. The SMILES string of the molecule is [N-]=[N+]=NC(=O)NC(C(=O)C(F)(F)C(F)(F)F)C(F)(F)F. The number of carbonyl (C=O) groups is 2. The summed E-state index contributed by atoms with van der Waals surface area (Å²) in [6, 6.07) is -6.43. The van der Waals surface area contributed by atoms with Crippen molar-refractivity contribution in [1.29, 1.82) is 0 Å². The molecule has 0 aromatic rings. The molecular formula is C6H2F8N4O2. The van der Waals surface area contributed by atoms with Crippen molar-refractivity contribution in [3.05, 3.63) is 10.4 Å². The van der Waals surface area contributed by atoms with E-state index in [-0.39, 0.29) is 0 Å². The third-order valence-corrected chi connectivity index (χ3v) is 1.66. The van der Waals surface area contributed by atoms with Crippen LogP contribution in [0.15, 0.2) is 5.11 Å². The average molecular weight is 314 g/mol. The molecule has 2 amide bonds. The van der Waals surface area contributed by atoms with Gasteiger partial charge in [-0.15, -0.1) is 0 Å². The molecule has 6 nitrogen and oxygen atoms in total. The minimum Gasteiger partial charge on any atom is -0.333 e. The summed E-state index contributed by atoms with van der Waals surface area (Å²) < 4.78 is 97.0. The molecule has 0 saturated heterocycles. The van der Waals surface area contributed by atoms with Crippen LogP contribution in [0.5, 0.6) is 0 Å². The van der Waals surface area contributed by atoms with Crippen LogP contribution >= 0.6 is 0 Å². The van der Waals surface area contributed by atoms with E-state index < -0.39 is 36.1 Å². The highest BCUT2D eigenvalue weighted by atomic mass is 19.4. The van der Waals surface area contributed by atoms with E-state index in [1.54, 1.807) is 4.91 Å². The molecule has 0 spiro atoms. The molecule has 0 bridgehead atoms. The molecule has 1 N–H and O–H groups in total. The van der Waals surface area contributed by atoms with Crippen LogP contribution in [0.4, 0.5) is 39.9 Å². The molecule has 0 fully saturated rings. The molecule has 114 valence electrons. The maximum Gasteiger partial charge on any atom is 0.461 e. The van der Waals surface area contributed by atoms with Crippen LogP contribution in [0.2, 0.25) is 0 Å². The number of azide groups is 1. The van der Waals surface area contributed by atoms with Crippen LogP contribution in [0.1, 0.15) is 0 Å². The largest absolute Gasteiger partial charge is 0.461 e. The fourth-order valence-corrected chi connectivity index (χ4v) is 0.810. The fourth-order valence-electron chi connectivity index (χ4n) is 0.810. The molecule has 0 radical (unpaired) electrons. The van der Waals surface area contributed by atoms with Crippen molar-refractivity contribution in [3.8, 4) is 0 Å². The second kappa shape index (κ2) is 5.48. The van der Waals surface area contributed by atoms with Crippen LogP contribution in [-0.2, 0) is 4.79 Å². The molecule has 0 aliphatic carbocycles. The van der Waals surface area contributed by atoms with Gasteiger partial charge >= 0.3 is 24.3 Å². The maximum atomic E-state index is 12.5. The predicted octanol–water partition coefficient (Wildman–Crippen LogP) is 2.70. The maximum absolute atomic E-state index is 12.5. The topological polar surface area (TPSA) is 94.9 Å². The van der Waals surface area contributed by atoms with Gasteiger partial charge in [0.15, 0.2) is 6.04 Å². The van der Waals surface area contributed by atoms with E-state index in [1.807, 2.05) is 5.11 Å². The zero-order valence-corrected chi connectivity index (χ0v) is 8.76. The normalized spacial score (nSPS) is 14.2. The van der Waals surface area contributed by atoms with Crippen molar-refractivity contribution in [2.24, 2.45) is 5.11 Å². The Morgan fingerprint density at radius 1 is 1.05 bits per heavy atom. The highest BCUT2D eigenvalue weighted by Gasteiger charge is 2.68. The fraction of sp³-hybridized carbons (Fsp3) is 0.667. The molecule has 0 aromatic carbocycles. The second-order valence-corrected chi connectivity index (χ2v) is 3.05. The summed E-state index contributed by atoms with van der Waals surface area (Å²) in [4.78, 5) is 22.8. The Balaban J connectivity index is 5.53. The Bertz CT molecular complexity index is 449. The first-order chi connectivity index (χ1) is 8.75. The Labute approximate surface area is 103 Å². The number of nitrogens with one attached hydrogen (secondary N) is 1. The van der Waals surface area contributed by atoms with E-state index in [4.69, 9.17) is 5.53 Å². The average Bonchev–Trinajstić information content (AvgIpc) is 2.22. The molecule has 0 aliphatic rings. The summed E-state index contributed by atoms with van der Waals surface area (Å²) in [6.45, 7) is 0. The molecule has 0 aromatic heterocycles. The number of nitrogens with zero attached hydrogens (tertiary/aromatic N) is 3. The molecule has 1 unspecified atom stereocenters. The predicted molar refractivity (Wildman–Crippen MR) is 43.5 cm³/mol. The van der Waals surface area contributed by atoms with Crippen LogP contribution in [0, 0.1) is 0 Å². The second-order valence-electron chi connectivity index (χ2n) is 3.05. The number of hydrogen-bond donors (Lipinski definition) is 1. The summed E-state index contributed by atoms with van der Waals surface area (Å²) in [7, 11) is 0. The van der Waals surface area contributed by atoms with E-state index in [1.165, 1.54) is 0 Å². The van der Waals surface area contributed by atoms with Gasteiger partial charge < -0.3 is 5.32 Å². The van der Waals surface area contributed by atoms with E-state index in [2.05, 4.69) is 0 Å². The van der Waals surface area contributed by atoms with Gasteiger partial charge in [0.25, 0.3) is 0 Å². The third kappa shape index (κ3) is 3.94. The van der Waals surface area contributed by atoms with Crippen LogP contribution in [0.25, 0.3) is 10.4 Å². The zero-order valence-electron chi connectivity index (χ0n) is 8.76. The molecule has 0 rings (SSSR count). The minimum atomic E-state index is -6.59. The number of rotatable bonds is 3. The lowest BCUT2D eigenvalue weighted by Crippen LogP contribution is -2.59. The molecule has 1 atom stereocenters. The zero-order chi connectivity index (χ0) is 16.4. The van der Waals surface area contributed by atoms with Gasteiger partial charge in [0.2, 0.25) is 5.78 Å². The highest BCUT2D eigenvalue weighted by Crippen LogP contribution is 2.39. The standard InChI is InChI=1S/C6H2F8N4O2/c7-4(8,6(12,13)14)2(19)1(5(9,10)11)16-3(20)17-18-15/h1H,(H,16,20). The molecule has 0 heterocycles. The quantitative estimate of drug-likeness (QED) is 0.375. The number of carbonyl (C=O) groups excluding carboxylic acids is 2. The molecule has 0 saturated carbocycles. The smallest absolute Gasteiger partial charge is 0.333 e. The summed E-state index contributed by atoms with van der Waals surface area (Å²) in [6.07, 6.45) is -12.5. The molecule has 14 heteroatoms. The van der Waals surface area contributed by atoms with Crippen LogP contribution < -0.4 is 5.32 Å². The number of ketones is 1. The van der Waals surface area contributed by atoms with E-state index in [9.17, 15) is 44.7 Å². The Hall–Kier alpha value is -2.11. The first-order valence-electron chi connectivity index (χ1n) is 4.16. The molecular weight excluding hydrogens is 312 g/mol. The van der Waals surface area contributed by atoms with Gasteiger partial charge in [0.1, 0.15) is 0 Å². The Morgan fingerprint density at radius 2 is 1.50 bits per heavy atom. The number of alkyl halides is 8. The number of halogens is 8. The first-order valence-corrected chi connectivity index (χ1v) is 4.16. The van der Waals surface area contributed by atoms with Crippen molar-refractivity contribution in [3.63, 3.8) is 0 Å². The number of amides is 2. The van der Waals surface area contributed by atoms with Gasteiger partial charge in [-0.2, -0.15) is 35.1 Å². The molecule has 20 heavy (non-hydrogen) atoms. The summed E-state index contributed by atoms with van der Waals surface area (Å²) in [5, 5.41) is 2.38. The van der Waals surface area contributed by atoms with Crippen molar-refractivity contribution >= 4 is 11.8 Å². The van der Waals surface area contributed by atoms with Gasteiger partial charge in [0.05, 0.1) is 0 Å². The van der Waals surface area contributed by atoms with Crippen molar-refractivity contribution in [1.82, 2.24) is 5.32 Å². The number of Topliss-reactive ketones (excluding diaryl/α,β-unsaturated/α-hetero) is 1. The van der Waals surface area contributed by atoms with Gasteiger partial charge in [0, 0.05) is 10.0 Å². The van der Waals surface area contributed by atoms with Gasteiger partial charge in [-0.3, -0.25) is 9.59 Å². The minimum absolute atomic E-state index is 0.422. The van der Waals surface area contributed by atoms with Crippen molar-refractivity contribution < 1.29 is 44.7 Å². The van der Waals surface area contributed by atoms with E-state index in [0.717, 1.165) is 0 Å². The van der Waals surface area contributed by atoms with Gasteiger partial charge in [-0.05, 0) is 5.53 Å². The lowest BCUT2D eigenvalue weighted by molar-refractivity contribution is -0.274. The lowest BCUT2D eigenvalue weighted by atomic mass is 10.1. The number of urea groups is 1. The van der Waals surface area contributed by atoms with E-state index >= 15 is 0 Å². The van der Waals surface area contributed by atoms with Gasteiger partial charge in [-0.1, -0.05) is 0 Å². The van der Waals surface area contributed by atoms with Crippen molar-refractivity contribution in [2.45, 2.75) is 24.3 Å². The summed E-state index contributed by atoms with van der Waals surface area (Å²) in [5.41, 5.74) is 7.68. The summed E-state index contributed by atoms with van der Waals surface area (Å²) >= 11 is 0.